The third-order valence-corrected chi connectivity index (χ3v) is 2.99. The maximum atomic E-state index is 5.34. The van der Waals surface area contributed by atoms with E-state index in [0.29, 0.717) is 6.04 Å². The first kappa shape index (κ1) is 11.3. The lowest BCUT2D eigenvalue weighted by Crippen LogP contribution is -2.27. The largest absolute Gasteiger partial charge is 0.496 e. The van der Waals surface area contributed by atoms with Crippen LogP contribution in [0.3, 0.4) is 0 Å². The fourth-order valence-corrected chi connectivity index (χ4v) is 2.05. The number of hydrogen-bond acceptors (Lipinski definition) is 3. The Morgan fingerprint density at radius 1 is 1.31 bits per heavy atom. The van der Waals surface area contributed by atoms with Gasteiger partial charge in [0.2, 0.25) is 0 Å². The summed E-state index contributed by atoms with van der Waals surface area (Å²) in [6.45, 7) is 3.80. The molecule has 1 heterocycles. The number of hydrogen-bond donors (Lipinski definition) is 1. The minimum atomic E-state index is 0.543. The maximum Gasteiger partial charge on any atom is 0.121 e. The van der Waals surface area contributed by atoms with Crippen molar-refractivity contribution in [3.63, 3.8) is 0 Å². The van der Waals surface area contributed by atoms with Crippen LogP contribution in [0, 0.1) is 6.92 Å². The molecular weight excluding hydrogens is 202 g/mol. The summed E-state index contributed by atoms with van der Waals surface area (Å²) in [5, 5.41) is 3.54. The second-order valence-electron chi connectivity index (χ2n) is 4.22. The van der Waals surface area contributed by atoms with Crippen LogP contribution in [0.2, 0.25) is 0 Å². The van der Waals surface area contributed by atoms with Gasteiger partial charge in [-0.1, -0.05) is 0 Å². The van der Waals surface area contributed by atoms with E-state index in [4.69, 9.17) is 9.47 Å². The summed E-state index contributed by atoms with van der Waals surface area (Å²) in [6, 6.07) is 6.76. The van der Waals surface area contributed by atoms with Crippen LogP contribution in [0.1, 0.15) is 18.4 Å². The average molecular weight is 221 g/mol. The molecule has 0 unspecified atom stereocenters. The summed E-state index contributed by atoms with van der Waals surface area (Å²) in [5.74, 6) is 0.942. The van der Waals surface area contributed by atoms with Crippen LogP contribution in [0.4, 0.5) is 5.69 Å². The number of aryl methyl sites for hydroxylation is 1. The zero-order valence-electron chi connectivity index (χ0n) is 9.95. The van der Waals surface area contributed by atoms with Gasteiger partial charge in [0.15, 0.2) is 0 Å². The molecule has 1 N–H and O–H groups in total. The van der Waals surface area contributed by atoms with Gasteiger partial charge in [0.05, 0.1) is 7.11 Å². The van der Waals surface area contributed by atoms with Crippen LogP contribution in [-0.2, 0) is 4.74 Å². The molecule has 0 aromatic heterocycles. The molecule has 1 saturated heterocycles. The fraction of sp³-hybridized carbons (Fsp3) is 0.538. The first-order chi connectivity index (χ1) is 7.79. The standard InChI is InChI=1S/C13H19NO2/c1-10-9-12(3-4-13(10)15-2)14-11-5-7-16-8-6-11/h3-4,9,11,14H,5-8H2,1-2H3. The molecule has 1 aliphatic heterocycles. The van der Waals surface area contributed by atoms with E-state index in [1.807, 2.05) is 6.07 Å². The topological polar surface area (TPSA) is 30.5 Å². The van der Waals surface area contributed by atoms with E-state index in [1.54, 1.807) is 7.11 Å². The first-order valence-electron chi connectivity index (χ1n) is 5.78. The predicted molar refractivity (Wildman–Crippen MR) is 65.2 cm³/mol. The van der Waals surface area contributed by atoms with Crippen molar-refractivity contribution in [3.05, 3.63) is 23.8 Å². The molecule has 0 saturated carbocycles. The van der Waals surface area contributed by atoms with Gasteiger partial charge in [0.1, 0.15) is 5.75 Å². The van der Waals surface area contributed by atoms with Gasteiger partial charge in [-0.15, -0.1) is 0 Å². The molecule has 16 heavy (non-hydrogen) atoms. The van der Waals surface area contributed by atoms with Gasteiger partial charge in [-0.3, -0.25) is 0 Å². The summed E-state index contributed by atoms with van der Waals surface area (Å²) >= 11 is 0. The molecule has 0 amide bonds. The van der Waals surface area contributed by atoms with Crippen molar-refractivity contribution < 1.29 is 9.47 Å². The maximum absolute atomic E-state index is 5.34. The molecule has 0 aliphatic carbocycles. The van der Waals surface area contributed by atoms with Gasteiger partial charge >= 0.3 is 0 Å². The van der Waals surface area contributed by atoms with Crippen LogP contribution in [0.5, 0.6) is 5.75 Å². The molecular formula is C13H19NO2. The zero-order valence-corrected chi connectivity index (χ0v) is 9.95. The predicted octanol–water partition coefficient (Wildman–Crippen LogP) is 2.59. The Kier molecular flexibility index (Phi) is 3.67. The highest BCUT2D eigenvalue weighted by molar-refractivity contribution is 5.51. The normalized spacial score (nSPS) is 17.1. The van der Waals surface area contributed by atoms with E-state index in [2.05, 4.69) is 24.4 Å². The van der Waals surface area contributed by atoms with Gasteiger partial charge in [-0.2, -0.15) is 0 Å². The van der Waals surface area contributed by atoms with Crippen LogP contribution in [0.25, 0.3) is 0 Å². The second kappa shape index (κ2) is 5.21. The number of anilines is 1. The molecule has 0 bridgehead atoms. The molecule has 0 atom stereocenters. The van der Waals surface area contributed by atoms with Crippen molar-refractivity contribution in [1.82, 2.24) is 0 Å². The minimum Gasteiger partial charge on any atom is -0.496 e. The smallest absolute Gasteiger partial charge is 0.121 e. The monoisotopic (exact) mass is 221 g/mol. The molecule has 1 aliphatic rings. The Balaban J connectivity index is 2.01. The Labute approximate surface area is 96.8 Å². The summed E-state index contributed by atoms with van der Waals surface area (Å²) in [4.78, 5) is 0. The number of methoxy groups -OCH3 is 1. The van der Waals surface area contributed by atoms with Gasteiger partial charge in [0, 0.05) is 24.9 Å². The fourth-order valence-electron chi connectivity index (χ4n) is 2.05. The summed E-state index contributed by atoms with van der Waals surface area (Å²) in [7, 11) is 1.70. The molecule has 3 nitrogen and oxygen atoms in total. The molecule has 0 radical (unpaired) electrons. The molecule has 1 aromatic carbocycles. The first-order valence-corrected chi connectivity index (χ1v) is 5.78. The third kappa shape index (κ3) is 2.67. The van der Waals surface area contributed by atoms with Crippen LogP contribution >= 0.6 is 0 Å². The van der Waals surface area contributed by atoms with Crippen molar-refractivity contribution in [3.8, 4) is 5.75 Å². The van der Waals surface area contributed by atoms with E-state index >= 15 is 0 Å². The van der Waals surface area contributed by atoms with E-state index < -0.39 is 0 Å². The number of nitrogens with one attached hydrogen (secondary N) is 1. The van der Waals surface area contributed by atoms with E-state index in [-0.39, 0.29) is 0 Å². The number of benzene rings is 1. The van der Waals surface area contributed by atoms with Crippen molar-refractivity contribution in [2.24, 2.45) is 0 Å². The van der Waals surface area contributed by atoms with Crippen molar-refractivity contribution in [2.45, 2.75) is 25.8 Å². The summed E-state index contributed by atoms with van der Waals surface area (Å²) in [5.41, 5.74) is 2.34. The van der Waals surface area contributed by atoms with Crippen molar-refractivity contribution in [2.75, 3.05) is 25.6 Å². The average Bonchev–Trinajstić information content (AvgIpc) is 2.31. The van der Waals surface area contributed by atoms with Gasteiger partial charge < -0.3 is 14.8 Å². The molecule has 88 valence electrons. The quantitative estimate of drug-likeness (QED) is 0.851. The minimum absolute atomic E-state index is 0.543. The number of rotatable bonds is 3. The van der Waals surface area contributed by atoms with E-state index in [9.17, 15) is 0 Å². The molecule has 3 heteroatoms. The Bertz CT molecular complexity index is 346. The molecule has 1 aromatic rings. The zero-order chi connectivity index (χ0) is 11.4. The van der Waals surface area contributed by atoms with E-state index in [1.165, 1.54) is 11.3 Å². The van der Waals surface area contributed by atoms with Crippen molar-refractivity contribution >= 4 is 5.69 Å². The van der Waals surface area contributed by atoms with E-state index in [0.717, 1.165) is 31.8 Å². The van der Waals surface area contributed by atoms with Crippen LogP contribution in [0.15, 0.2) is 18.2 Å². The summed E-state index contributed by atoms with van der Waals surface area (Å²) in [6.07, 6.45) is 2.18. The highest BCUT2D eigenvalue weighted by Gasteiger charge is 2.13. The summed E-state index contributed by atoms with van der Waals surface area (Å²) < 4.78 is 10.6. The molecule has 2 rings (SSSR count). The number of ether oxygens (including phenoxy) is 2. The van der Waals surface area contributed by atoms with Crippen LogP contribution in [-0.4, -0.2) is 26.4 Å². The van der Waals surface area contributed by atoms with Gasteiger partial charge in [0.25, 0.3) is 0 Å². The lowest BCUT2D eigenvalue weighted by molar-refractivity contribution is 0.0904. The highest BCUT2D eigenvalue weighted by Crippen LogP contribution is 2.23. The SMILES string of the molecule is COc1ccc(NC2CCOCC2)cc1C. The Morgan fingerprint density at radius 2 is 2.06 bits per heavy atom. The molecule has 0 spiro atoms. The van der Waals surface area contributed by atoms with Gasteiger partial charge in [-0.05, 0) is 43.5 Å². The third-order valence-electron chi connectivity index (χ3n) is 2.99. The lowest BCUT2D eigenvalue weighted by Gasteiger charge is -2.24. The van der Waals surface area contributed by atoms with Crippen LogP contribution < -0.4 is 10.1 Å². The van der Waals surface area contributed by atoms with Crippen molar-refractivity contribution in [1.29, 1.82) is 0 Å². The molecule has 1 fully saturated rings. The lowest BCUT2D eigenvalue weighted by atomic mass is 10.1. The Hall–Kier alpha value is -1.22. The van der Waals surface area contributed by atoms with Gasteiger partial charge in [-0.25, -0.2) is 0 Å². The Morgan fingerprint density at radius 3 is 2.69 bits per heavy atom. The highest BCUT2D eigenvalue weighted by atomic mass is 16.5. The second-order valence-corrected chi connectivity index (χ2v) is 4.22.